The number of hydrogen-bond donors (Lipinski definition) is 2. The number of anilines is 1. The smallest absolute Gasteiger partial charge is 0.231 e. The molecule has 0 bridgehead atoms. The third kappa shape index (κ3) is 4.24. The van der Waals surface area contributed by atoms with Gasteiger partial charge in [0.2, 0.25) is 12.7 Å². The molecule has 0 unspecified atom stereocenters. The van der Waals surface area contributed by atoms with Gasteiger partial charge < -0.3 is 20.1 Å². The van der Waals surface area contributed by atoms with Crippen LogP contribution in [0.2, 0.25) is 10.0 Å². The topological polar surface area (TPSA) is 59.6 Å². The van der Waals surface area contributed by atoms with Crippen LogP contribution in [0.5, 0.6) is 11.5 Å². The van der Waals surface area contributed by atoms with Crippen molar-refractivity contribution in [3.8, 4) is 11.5 Å². The van der Waals surface area contributed by atoms with Crippen LogP contribution in [0.1, 0.15) is 12.0 Å². The van der Waals surface area contributed by atoms with E-state index in [2.05, 4.69) is 10.6 Å². The number of amides is 1. The summed E-state index contributed by atoms with van der Waals surface area (Å²) in [5.74, 6) is 1.38. The second-order valence-electron chi connectivity index (χ2n) is 5.27. The molecule has 0 saturated carbocycles. The predicted octanol–water partition coefficient (Wildman–Crippen LogP) is 3.84. The fourth-order valence-electron chi connectivity index (χ4n) is 2.28. The second kappa shape index (κ2) is 7.64. The van der Waals surface area contributed by atoms with E-state index in [0.717, 1.165) is 11.3 Å². The lowest BCUT2D eigenvalue weighted by Crippen LogP contribution is -2.24. The molecule has 1 amide bonds. The Morgan fingerprint density at radius 1 is 1.08 bits per heavy atom. The highest BCUT2D eigenvalue weighted by atomic mass is 35.5. The Hall–Kier alpha value is -2.11. The highest BCUT2D eigenvalue weighted by Gasteiger charge is 2.13. The summed E-state index contributed by atoms with van der Waals surface area (Å²) >= 11 is 12.0. The van der Waals surface area contributed by atoms with Crippen molar-refractivity contribution in [2.24, 2.45) is 0 Å². The number of benzene rings is 2. The van der Waals surface area contributed by atoms with E-state index in [1.54, 1.807) is 18.2 Å². The lowest BCUT2D eigenvalue weighted by molar-refractivity contribution is -0.121. The van der Waals surface area contributed by atoms with Gasteiger partial charge in [-0.1, -0.05) is 29.3 Å². The van der Waals surface area contributed by atoms with E-state index in [-0.39, 0.29) is 12.7 Å². The van der Waals surface area contributed by atoms with E-state index >= 15 is 0 Å². The minimum absolute atomic E-state index is 0.0571. The predicted molar refractivity (Wildman–Crippen MR) is 94.0 cm³/mol. The van der Waals surface area contributed by atoms with E-state index < -0.39 is 0 Å². The van der Waals surface area contributed by atoms with Gasteiger partial charge in [-0.3, -0.25) is 4.79 Å². The van der Waals surface area contributed by atoms with Gasteiger partial charge in [-0.05, 0) is 35.9 Å². The number of fused-ring (bicyclic) bond motifs is 1. The Bertz CT molecular complexity index is 753. The molecule has 2 N–H and O–H groups in total. The average Bonchev–Trinajstić information content (AvgIpc) is 3.04. The van der Waals surface area contributed by atoms with Crippen LogP contribution in [-0.2, 0) is 11.3 Å². The summed E-state index contributed by atoms with van der Waals surface area (Å²) < 4.78 is 10.6. The van der Waals surface area contributed by atoms with Crippen LogP contribution in [0.15, 0.2) is 36.4 Å². The Kier molecular flexibility index (Phi) is 5.33. The molecule has 1 aliphatic heterocycles. The quantitative estimate of drug-likeness (QED) is 0.815. The third-order valence-corrected chi connectivity index (χ3v) is 4.09. The van der Waals surface area contributed by atoms with Crippen LogP contribution >= 0.6 is 23.2 Å². The SMILES string of the molecule is O=C(CCNc1cc(Cl)ccc1Cl)NCc1ccc2c(c1)OCO2. The number of carbonyl (C=O) groups is 1. The fraction of sp³-hybridized carbons (Fsp3) is 0.235. The van der Waals surface area contributed by atoms with Crippen LogP contribution in [0.3, 0.4) is 0 Å². The van der Waals surface area contributed by atoms with Crippen LogP contribution in [0.4, 0.5) is 5.69 Å². The number of carbonyl (C=O) groups excluding carboxylic acids is 1. The standard InChI is InChI=1S/C17H16Cl2N2O3/c18-12-2-3-13(19)14(8-12)20-6-5-17(22)21-9-11-1-4-15-16(7-11)24-10-23-15/h1-4,7-8,20H,5-6,9-10H2,(H,21,22). The van der Waals surface area contributed by atoms with Crippen molar-refractivity contribution in [1.29, 1.82) is 0 Å². The number of halogens is 2. The van der Waals surface area contributed by atoms with Crippen molar-refractivity contribution in [2.75, 3.05) is 18.7 Å². The van der Waals surface area contributed by atoms with Crippen molar-refractivity contribution in [3.63, 3.8) is 0 Å². The first-order valence-corrected chi connectivity index (χ1v) is 8.21. The molecule has 1 aliphatic rings. The summed E-state index contributed by atoms with van der Waals surface area (Å²) in [7, 11) is 0. The summed E-state index contributed by atoms with van der Waals surface area (Å²) in [5, 5.41) is 7.13. The molecular weight excluding hydrogens is 351 g/mol. The summed E-state index contributed by atoms with van der Waals surface area (Å²) in [6.45, 7) is 1.14. The van der Waals surface area contributed by atoms with Gasteiger partial charge in [-0.2, -0.15) is 0 Å². The molecule has 0 aliphatic carbocycles. The molecular formula is C17H16Cl2N2O3. The first-order chi connectivity index (χ1) is 11.6. The number of ether oxygens (including phenoxy) is 2. The third-order valence-electron chi connectivity index (χ3n) is 3.52. The number of nitrogens with one attached hydrogen (secondary N) is 2. The fourth-order valence-corrected chi connectivity index (χ4v) is 2.64. The number of rotatable bonds is 6. The van der Waals surface area contributed by atoms with Crippen LogP contribution in [0.25, 0.3) is 0 Å². The highest BCUT2D eigenvalue weighted by Crippen LogP contribution is 2.32. The molecule has 2 aromatic rings. The van der Waals surface area contributed by atoms with E-state index in [1.807, 2.05) is 18.2 Å². The normalized spacial score (nSPS) is 12.1. The Balaban J connectivity index is 1.43. The molecule has 0 fully saturated rings. The van der Waals surface area contributed by atoms with Gasteiger partial charge in [-0.15, -0.1) is 0 Å². The lowest BCUT2D eigenvalue weighted by atomic mass is 10.2. The average molecular weight is 367 g/mol. The largest absolute Gasteiger partial charge is 0.454 e. The van der Waals surface area contributed by atoms with Gasteiger partial charge in [0.1, 0.15) is 0 Å². The molecule has 2 aromatic carbocycles. The maximum absolute atomic E-state index is 11.9. The van der Waals surface area contributed by atoms with E-state index in [1.165, 1.54) is 0 Å². The van der Waals surface area contributed by atoms with Gasteiger partial charge in [-0.25, -0.2) is 0 Å². The van der Waals surface area contributed by atoms with Crippen molar-refractivity contribution in [2.45, 2.75) is 13.0 Å². The van der Waals surface area contributed by atoms with Crippen molar-refractivity contribution < 1.29 is 14.3 Å². The van der Waals surface area contributed by atoms with Gasteiger partial charge in [0.05, 0.1) is 10.7 Å². The van der Waals surface area contributed by atoms with Crippen molar-refractivity contribution >= 4 is 34.8 Å². The Morgan fingerprint density at radius 3 is 2.79 bits per heavy atom. The zero-order chi connectivity index (χ0) is 16.9. The minimum atomic E-state index is -0.0571. The van der Waals surface area contributed by atoms with Crippen LogP contribution < -0.4 is 20.1 Å². The number of hydrogen-bond acceptors (Lipinski definition) is 4. The minimum Gasteiger partial charge on any atom is -0.454 e. The molecule has 0 aromatic heterocycles. The summed E-state index contributed by atoms with van der Waals surface area (Å²) in [5.41, 5.74) is 1.67. The Morgan fingerprint density at radius 2 is 1.92 bits per heavy atom. The first-order valence-electron chi connectivity index (χ1n) is 7.46. The van der Waals surface area contributed by atoms with Crippen molar-refractivity contribution in [1.82, 2.24) is 5.32 Å². The molecule has 0 radical (unpaired) electrons. The lowest BCUT2D eigenvalue weighted by Gasteiger charge is -2.09. The second-order valence-corrected chi connectivity index (χ2v) is 6.11. The zero-order valence-corrected chi connectivity index (χ0v) is 14.3. The summed E-state index contributed by atoms with van der Waals surface area (Å²) in [6, 6.07) is 10.8. The van der Waals surface area contributed by atoms with E-state index in [9.17, 15) is 4.79 Å². The highest BCUT2D eigenvalue weighted by molar-refractivity contribution is 6.35. The van der Waals surface area contributed by atoms with Crippen LogP contribution in [0, 0.1) is 0 Å². The van der Waals surface area contributed by atoms with Crippen LogP contribution in [-0.4, -0.2) is 19.2 Å². The van der Waals surface area contributed by atoms with E-state index in [4.69, 9.17) is 32.7 Å². The van der Waals surface area contributed by atoms with Crippen molar-refractivity contribution in [3.05, 3.63) is 52.0 Å². The molecule has 7 heteroatoms. The molecule has 1 heterocycles. The van der Waals surface area contributed by atoms with Gasteiger partial charge in [0.25, 0.3) is 0 Å². The van der Waals surface area contributed by atoms with Gasteiger partial charge in [0.15, 0.2) is 11.5 Å². The molecule has 24 heavy (non-hydrogen) atoms. The molecule has 0 spiro atoms. The molecule has 5 nitrogen and oxygen atoms in total. The molecule has 3 rings (SSSR count). The molecule has 126 valence electrons. The zero-order valence-electron chi connectivity index (χ0n) is 12.8. The van der Waals surface area contributed by atoms with Gasteiger partial charge in [0, 0.05) is 24.5 Å². The first kappa shape index (κ1) is 16.7. The van der Waals surface area contributed by atoms with Gasteiger partial charge >= 0.3 is 0 Å². The summed E-state index contributed by atoms with van der Waals surface area (Å²) in [4.78, 5) is 11.9. The molecule has 0 saturated heterocycles. The molecule has 0 atom stereocenters. The maximum Gasteiger partial charge on any atom is 0.231 e. The van der Waals surface area contributed by atoms with E-state index in [0.29, 0.717) is 41.0 Å². The maximum atomic E-state index is 11.9. The summed E-state index contributed by atoms with van der Waals surface area (Å²) in [6.07, 6.45) is 0.327. The Labute approximate surface area is 149 Å². The monoisotopic (exact) mass is 366 g/mol.